The average molecular weight is 282 g/mol. The van der Waals surface area contributed by atoms with E-state index in [0.717, 1.165) is 6.42 Å². The van der Waals surface area contributed by atoms with Gasteiger partial charge < -0.3 is 15.7 Å². The van der Waals surface area contributed by atoms with Crippen molar-refractivity contribution in [2.75, 3.05) is 6.54 Å². The SMILES string of the molecule is O=C(NCCCC(F)(F)F)NC1CCCC1C(=O)O. The summed E-state index contributed by atoms with van der Waals surface area (Å²) in [6.07, 6.45) is -3.56. The number of nitrogens with one attached hydrogen (secondary N) is 2. The predicted molar refractivity (Wildman–Crippen MR) is 60.6 cm³/mol. The molecule has 0 saturated heterocycles. The van der Waals surface area contributed by atoms with Gasteiger partial charge in [0.1, 0.15) is 0 Å². The van der Waals surface area contributed by atoms with E-state index < -0.39 is 36.6 Å². The lowest BCUT2D eigenvalue weighted by molar-refractivity contribution is -0.142. The number of hydrogen-bond donors (Lipinski definition) is 3. The van der Waals surface area contributed by atoms with Gasteiger partial charge in [-0.25, -0.2) is 4.79 Å². The smallest absolute Gasteiger partial charge is 0.389 e. The van der Waals surface area contributed by atoms with Crippen LogP contribution in [-0.4, -0.2) is 35.9 Å². The fourth-order valence-corrected chi connectivity index (χ4v) is 2.14. The average Bonchev–Trinajstić information content (AvgIpc) is 2.71. The summed E-state index contributed by atoms with van der Waals surface area (Å²) in [5, 5.41) is 13.7. The fourth-order valence-electron chi connectivity index (χ4n) is 2.14. The van der Waals surface area contributed by atoms with Crippen LogP contribution in [0.2, 0.25) is 0 Å². The second-order valence-electron chi connectivity index (χ2n) is 4.60. The van der Waals surface area contributed by atoms with Crippen LogP contribution in [0.4, 0.5) is 18.0 Å². The molecule has 1 saturated carbocycles. The largest absolute Gasteiger partial charge is 0.481 e. The summed E-state index contributed by atoms with van der Waals surface area (Å²) in [6, 6.07) is -1.06. The van der Waals surface area contributed by atoms with Crippen LogP contribution in [0.5, 0.6) is 0 Å². The van der Waals surface area contributed by atoms with Gasteiger partial charge in [-0.15, -0.1) is 0 Å². The second kappa shape index (κ2) is 6.63. The van der Waals surface area contributed by atoms with Crippen LogP contribution in [0, 0.1) is 5.92 Å². The molecule has 8 heteroatoms. The Hall–Kier alpha value is -1.47. The minimum atomic E-state index is -4.22. The van der Waals surface area contributed by atoms with E-state index in [4.69, 9.17) is 5.11 Å². The molecule has 0 aliphatic heterocycles. The summed E-state index contributed by atoms with van der Waals surface area (Å²) >= 11 is 0. The molecule has 2 unspecified atom stereocenters. The normalized spacial score (nSPS) is 23.1. The van der Waals surface area contributed by atoms with Crippen molar-refractivity contribution in [2.45, 2.75) is 44.3 Å². The summed E-state index contributed by atoms with van der Waals surface area (Å²) in [7, 11) is 0. The Kier molecular flexibility index (Phi) is 5.44. The molecular formula is C11H17F3N2O3. The highest BCUT2D eigenvalue weighted by molar-refractivity contribution is 5.76. The number of alkyl halides is 3. The fraction of sp³-hybridized carbons (Fsp3) is 0.818. The van der Waals surface area contributed by atoms with Crippen LogP contribution in [0.25, 0.3) is 0 Å². The molecule has 0 spiro atoms. The van der Waals surface area contributed by atoms with Crippen molar-refractivity contribution in [1.29, 1.82) is 0 Å². The van der Waals surface area contributed by atoms with E-state index >= 15 is 0 Å². The zero-order chi connectivity index (χ0) is 14.5. The van der Waals surface area contributed by atoms with Gasteiger partial charge in [-0.1, -0.05) is 6.42 Å². The summed E-state index contributed by atoms with van der Waals surface area (Å²) < 4.78 is 35.6. The van der Waals surface area contributed by atoms with Gasteiger partial charge in [0.25, 0.3) is 0 Å². The quantitative estimate of drug-likeness (QED) is 0.674. The summed E-state index contributed by atoms with van der Waals surface area (Å²) in [6.45, 7) is -0.0875. The monoisotopic (exact) mass is 282 g/mol. The molecule has 3 N–H and O–H groups in total. The molecule has 0 radical (unpaired) electrons. The Balaban J connectivity index is 2.22. The van der Waals surface area contributed by atoms with Crippen LogP contribution in [0.3, 0.4) is 0 Å². The van der Waals surface area contributed by atoms with Crippen LogP contribution in [-0.2, 0) is 4.79 Å². The maximum Gasteiger partial charge on any atom is 0.389 e. The van der Waals surface area contributed by atoms with Gasteiger partial charge in [-0.3, -0.25) is 4.79 Å². The molecule has 0 heterocycles. The Morgan fingerprint density at radius 1 is 1.26 bits per heavy atom. The number of hydrogen-bond acceptors (Lipinski definition) is 2. The third-order valence-corrected chi connectivity index (χ3v) is 3.07. The molecule has 0 aromatic heterocycles. The van der Waals surface area contributed by atoms with Crippen molar-refractivity contribution < 1.29 is 27.9 Å². The van der Waals surface area contributed by atoms with Crippen LogP contribution in [0.1, 0.15) is 32.1 Å². The first-order chi connectivity index (χ1) is 8.79. The van der Waals surface area contributed by atoms with Gasteiger partial charge in [0.2, 0.25) is 0 Å². The van der Waals surface area contributed by atoms with Crippen LogP contribution >= 0.6 is 0 Å². The Morgan fingerprint density at radius 2 is 1.95 bits per heavy atom. The Labute approximate surface area is 108 Å². The number of carbonyl (C=O) groups excluding carboxylic acids is 1. The van der Waals surface area contributed by atoms with E-state index in [1.54, 1.807) is 0 Å². The van der Waals surface area contributed by atoms with Gasteiger partial charge in [-0.05, 0) is 19.3 Å². The maximum absolute atomic E-state index is 11.9. The van der Waals surface area contributed by atoms with Gasteiger partial charge in [-0.2, -0.15) is 13.2 Å². The number of carboxylic acids is 1. The van der Waals surface area contributed by atoms with E-state index in [1.165, 1.54) is 0 Å². The Morgan fingerprint density at radius 3 is 2.53 bits per heavy atom. The molecule has 0 bridgehead atoms. The lowest BCUT2D eigenvalue weighted by Crippen LogP contribution is -2.45. The van der Waals surface area contributed by atoms with E-state index in [1.807, 2.05) is 0 Å². The first-order valence-corrected chi connectivity index (χ1v) is 6.13. The van der Waals surface area contributed by atoms with Crippen molar-refractivity contribution in [3.63, 3.8) is 0 Å². The number of carboxylic acid groups (broad SMARTS) is 1. The molecule has 110 valence electrons. The van der Waals surface area contributed by atoms with Crippen molar-refractivity contribution in [1.82, 2.24) is 10.6 Å². The van der Waals surface area contributed by atoms with Crippen molar-refractivity contribution in [2.24, 2.45) is 5.92 Å². The first kappa shape index (κ1) is 15.6. The van der Waals surface area contributed by atoms with Crippen LogP contribution in [0.15, 0.2) is 0 Å². The van der Waals surface area contributed by atoms with Crippen molar-refractivity contribution in [3.05, 3.63) is 0 Å². The third kappa shape index (κ3) is 5.80. The van der Waals surface area contributed by atoms with Crippen molar-refractivity contribution >= 4 is 12.0 Å². The van der Waals surface area contributed by atoms with E-state index in [0.29, 0.717) is 12.8 Å². The molecule has 1 aliphatic carbocycles. The molecule has 2 amide bonds. The number of rotatable bonds is 5. The molecule has 1 fully saturated rings. The summed E-state index contributed by atoms with van der Waals surface area (Å²) in [4.78, 5) is 22.3. The lowest BCUT2D eigenvalue weighted by Gasteiger charge is -2.18. The number of urea groups is 1. The molecule has 2 atom stereocenters. The zero-order valence-electron chi connectivity index (χ0n) is 10.3. The molecule has 19 heavy (non-hydrogen) atoms. The third-order valence-electron chi connectivity index (χ3n) is 3.07. The highest BCUT2D eigenvalue weighted by Gasteiger charge is 2.33. The first-order valence-electron chi connectivity index (χ1n) is 6.13. The van der Waals surface area contributed by atoms with E-state index in [-0.39, 0.29) is 13.0 Å². The number of halogens is 3. The molecule has 5 nitrogen and oxygen atoms in total. The van der Waals surface area contributed by atoms with Gasteiger partial charge in [0, 0.05) is 19.0 Å². The number of aliphatic carboxylic acids is 1. The topological polar surface area (TPSA) is 78.4 Å². The Bertz CT molecular complexity index is 334. The zero-order valence-corrected chi connectivity index (χ0v) is 10.3. The van der Waals surface area contributed by atoms with Gasteiger partial charge in [0.15, 0.2) is 0 Å². The number of amides is 2. The lowest BCUT2D eigenvalue weighted by atomic mass is 10.0. The maximum atomic E-state index is 11.9. The number of carbonyl (C=O) groups is 2. The van der Waals surface area contributed by atoms with E-state index in [9.17, 15) is 22.8 Å². The highest BCUT2D eigenvalue weighted by Crippen LogP contribution is 2.25. The minimum absolute atomic E-state index is 0.0875. The van der Waals surface area contributed by atoms with Gasteiger partial charge >= 0.3 is 18.2 Å². The molecular weight excluding hydrogens is 265 g/mol. The minimum Gasteiger partial charge on any atom is -0.481 e. The molecule has 1 rings (SSSR count). The molecule has 0 aromatic carbocycles. The molecule has 1 aliphatic rings. The predicted octanol–water partition coefficient (Wildman–Crippen LogP) is 1.88. The summed E-state index contributed by atoms with van der Waals surface area (Å²) in [5.41, 5.74) is 0. The van der Waals surface area contributed by atoms with Crippen LogP contribution < -0.4 is 10.6 Å². The van der Waals surface area contributed by atoms with Gasteiger partial charge in [0.05, 0.1) is 5.92 Å². The highest BCUT2D eigenvalue weighted by atomic mass is 19.4. The standard InChI is InChI=1S/C11H17F3N2O3/c12-11(13,14)5-2-6-15-10(19)16-8-4-1-3-7(8)9(17)18/h7-8H,1-6H2,(H,17,18)(H2,15,16,19). The second-order valence-corrected chi connectivity index (χ2v) is 4.60. The van der Waals surface area contributed by atoms with Crippen molar-refractivity contribution in [3.8, 4) is 0 Å². The van der Waals surface area contributed by atoms with E-state index in [2.05, 4.69) is 10.6 Å². The summed E-state index contributed by atoms with van der Waals surface area (Å²) in [5.74, 6) is -1.57. The molecule has 0 aromatic rings.